The van der Waals surface area contributed by atoms with E-state index in [0.717, 1.165) is 18.2 Å². The highest BCUT2D eigenvalue weighted by Gasteiger charge is 2.21. The number of hydrogen-bond acceptors (Lipinski definition) is 5. The number of likely N-dealkylation sites (N-methyl/N-ethyl adjacent to an activating group) is 1. The van der Waals surface area contributed by atoms with E-state index in [4.69, 9.17) is 4.74 Å². The van der Waals surface area contributed by atoms with Crippen molar-refractivity contribution in [3.05, 3.63) is 59.4 Å². The first-order valence-electron chi connectivity index (χ1n) is 7.50. The Labute approximate surface area is 150 Å². The van der Waals surface area contributed by atoms with Crippen LogP contribution in [-0.2, 0) is 19.6 Å². The lowest BCUT2D eigenvalue weighted by molar-refractivity contribution is -0.123. The number of halogens is 1. The van der Waals surface area contributed by atoms with E-state index >= 15 is 0 Å². The smallest absolute Gasteiger partial charge is 0.340 e. The van der Waals surface area contributed by atoms with Crippen molar-refractivity contribution in [2.75, 3.05) is 18.4 Å². The van der Waals surface area contributed by atoms with Crippen molar-refractivity contribution in [3.63, 3.8) is 0 Å². The largest absolute Gasteiger partial charge is 0.452 e. The standard InChI is InChI=1S/C17H17FN2O5S/c1-11-9-12(18)7-8-15(11)26(23,24)20-14-6-4-3-5-13(14)17(22)25-10-16(21)19-2/h3-9,20H,10H2,1-2H3,(H,19,21). The van der Waals surface area contributed by atoms with Crippen LogP contribution in [-0.4, -0.2) is 33.9 Å². The number of carbonyl (C=O) groups excluding carboxylic acids is 2. The van der Waals surface area contributed by atoms with E-state index < -0.39 is 34.3 Å². The Kier molecular flexibility index (Phi) is 5.93. The van der Waals surface area contributed by atoms with E-state index in [1.54, 1.807) is 0 Å². The fourth-order valence-corrected chi connectivity index (χ4v) is 3.45. The number of hydrogen-bond donors (Lipinski definition) is 2. The van der Waals surface area contributed by atoms with Crippen LogP contribution >= 0.6 is 0 Å². The molecule has 0 aliphatic rings. The lowest BCUT2D eigenvalue weighted by Gasteiger charge is -2.13. The molecule has 2 N–H and O–H groups in total. The van der Waals surface area contributed by atoms with Gasteiger partial charge in [0.25, 0.3) is 15.9 Å². The van der Waals surface area contributed by atoms with Crippen LogP contribution in [0.3, 0.4) is 0 Å². The summed E-state index contributed by atoms with van der Waals surface area (Å²) in [5, 5.41) is 2.30. The number of anilines is 1. The van der Waals surface area contributed by atoms with Gasteiger partial charge in [-0.2, -0.15) is 0 Å². The van der Waals surface area contributed by atoms with Gasteiger partial charge in [0.15, 0.2) is 6.61 Å². The van der Waals surface area contributed by atoms with Crippen LogP contribution < -0.4 is 10.0 Å². The normalized spacial score (nSPS) is 10.9. The minimum absolute atomic E-state index is 0.0156. The third kappa shape index (κ3) is 4.57. The van der Waals surface area contributed by atoms with Gasteiger partial charge >= 0.3 is 5.97 Å². The van der Waals surface area contributed by atoms with Crippen LogP contribution in [0.1, 0.15) is 15.9 Å². The van der Waals surface area contributed by atoms with Gasteiger partial charge in [-0.15, -0.1) is 0 Å². The minimum Gasteiger partial charge on any atom is -0.452 e. The number of carbonyl (C=O) groups is 2. The molecule has 26 heavy (non-hydrogen) atoms. The molecule has 9 heteroatoms. The van der Waals surface area contributed by atoms with Crippen molar-refractivity contribution in [2.45, 2.75) is 11.8 Å². The summed E-state index contributed by atoms with van der Waals surface area (Å²) < 4.78 is 45.5. The zero-order valence-electron chi connectivity index (χ0n) is 14.1. The third-order valence-corrected chi connectivity index (χ3v) is 4.96. The van der Waals surface area contributed by atoms with Crippen molar-refractivity contribution < 1.29 is 27.1 Å². The molecule has 0 saturated carbocycles. The maximum atomic E-state index is 13.2. The van der Waals surface area contributed by atoms with Gasteiger partial charge in [-0.25, -0.2) is 17.6 Å². The molecule has 0 aromatic heterocycles. The average Bonchev–Trinajstić information content (AvgIpc) is 2.59. The molecule has 2 aromatic carbocycles. The van der Waals surface area contributed by atoms with Gasteiger partial charge in [-0.05, 0) is 42.8 Å². The Morgan fingerprint density at radius 1 is 1.15 bits per heavy atom. The average molecular weight is 380 g/mol. The van der Waals surface area contributed by atoms with Crippen molar-refractivity contribution in [2.24, 2.45) is 0 Å². The maximum absolute atomic E-state index is 13.2. The van der Waals surface area contributed by atoms with E-state index in [-0.39, 0.29) is 21.7 Å². The predicted molar refractivity (Wildman–Crippen MR) is 92.7 cm³/mol. The summed E-state index contributed by atoms with van der Waals surface area (Å²) in [5.41, 5.74) is 0.148. The van der Waals surface area contributed by atoms with E-state index in [2.05, 4.69) is 10.0 Å². The van der Waals surface area contributed by atoms with E-state index in [0.29, 0.717) is 0 Å². The lowest BCUT2D eigenvalue weighted by Crippen LogP contribution is -2.25. The quantitative estimate of drug-likeness (QED) is 0.745. The number of aryl methyl sites for hydroxylation is 1. The number of benzene rings is 2. The maximum Gasteiger partial charge on any atom is 0.340 e. The summed E-state index contributed by atoms with van der Waals surface area (Å²) >= 11 is 0. The van der Waals surface area contributed by atoms with E-state index in [1.165, 1.54) is 38.2 Å². The molecule has 0 unspecified atom stereocenters. The molecule has 2 aromatic rings. The Morgan fingerprint density at radius 3 is 2.50 bits per heavy atom. The van der Waals surface area contributed by atoms with Crippen LogP contribution in [0.25, 0.3) is 0 Å². The van der Waals surface area contributed by atoms with Crippen LogP contribution in [0.2, 0.25) is 0 Å². The van der Waals surface area contributed by atoms with Crippen LogP contribution in [0.5, 0.6) is 0 Å². The van der Waals surface area contributed by atoms with Gasteiger partial charge in [0.2, 0.25) is 0 Å². The summed E-state index contributed by atoms with van der Waals surface area (Å²) in [5.74, 6) is -1.92. The van der Waals surface area contributed by atoms with Gasteiger partial charge in [0.05, 0.1) is 16.1 Å². The highest BCUT2D eigenvalue weighted by atomic mass is 32.2. The molecule has 0 fully saturated rings. The molecule has 0 heterocycles. The fraction of sp³-hybridized carbons (Fsp3) is 0.176. The Balaban J connectivity index is 2.29. The van der Waals surface area contributed by atoms with Crippen molar-refractivity contribution in [3.8, 4) is 0 Å². The first-order valence-corrected chi connectivity index (χ1v) is 8.98. The van der Waals surface area contributed by atoms with Gasteiger partial charge in [0.1, 0.15) is 5.82 Å². The molecular formula is C17H17FN2O5S. The molecule has 0 bridgehead atoms. The van der Waals surface area contributed by atoms with Gasteiger partial charge < -0.3 is 10.1 Å². The second-order valence-corrected chi connectivity index (χ2v) is 6.96. The number of para-hydroxylation sites is 1. The second kappa shape index (κ2) is 7.96. The van der Waals surface area contributed by atoms with E-state index in [9.17, 15) is 22.4 Å². The Bertz CT molecular complexity index is 944. The molecule has 0 saturated heterocycles. The van der Waals surface area contributed by atoms with Crippen molar-refractivity contribution >= 4 is 27.6 Å². The van der Waals surface area contributed by atoms with Gasteiger partial charge in [0, 0.05) is 7.05 Å². The van der Waals surface area contributed by atoms with Crippen molar-refractivity contribution in [1.29, 1.82) is 0 Å². The summed E-state index contributed by atoms with van der Waals surface area (Å²) in [6.07, 6.45) is 0. The predicted octanol–water partition coefficient (Wildman–Crippen LogP) is 1.84. The number of nitrogens with one attached hydrogen (secondary N) is 2. The molecule has 0 radical (unpaired) electrons. The molecule has 7 nitrogen and oxygen atoms in total. The number of esters is 1. The highest BCUT2D eigenvalue weighted by Crippen LogP contribution is 2.23. The zero-order chi connectivity index (χ0) is 19.3. The lowest BCUT2D eigenvalue weighted by atomic mass is 10.2. The molecule has 138 valence electrons. The SMILES string of the molecule is CNC(=O)COC(=O)c1ccccc1NS(=O)(=O)c1ccc(F)cc1C. The Morgan fingerprint density at radius 2 is 1.85 bits per heavy atom. The van der Waals surface area contributed by atoms with E-state index in [1.807, 2.05) is 0 Å². The number of sulfonamides is 1. The van der Waals surface area contributed by atoms with Gasteiger partial charge in [-0.1, -0.05) is 12.1 Å². The summed E-state index contributed by atoms with van der Waals surface area (Å²) in [4.78, 5) is 23.2. The second-order valence-electron chi connectivity index (χ2n) is 5.31. The molecule has 1 amide bonds. The van der Waals surface area contributed by atoms with Crippen LogP contribution in [0, 0.1) is 12.7 Å². The number of rotatable bonds is 6. The number of amides is 1. The topological polar surface area (TPSA) is 102 Å². The first-order chi connectivity index (χ1) is 12.2. The highest BCUT2D eigenvalue weighted by molar-refractivity contribution is 7.92. The monoisotopic (exact) mass is 380 g/mol. The van der Waals surface area contributed by atoms with Crippen LogP contribution in [0.4, 0.5) is 10.1 Å². The minimum atomic E-state index is -4.06. The summed E-state index contributed by atoms with van der Waals surface area (Å²) in [7, 11) is -2.66. The fourth-order valence-electron chi connectivity index (χ4n) is 2.15. The Hall–Kier alpha value is -2.94. The molecular weight excluding hydrogens is 363 g/mol. The molecule has 0 aliphatic carbocycles. The summed E-state index contributed by atoms with van der Waals surface area (Å²) in [6.45, 7) is 0.967. The molecule has 0 aliphatic heterocycles. The van der Waals surface area contributed by atoms with Gasteiger partial charge in [-0.3, -0.25) is 9.52 Å². The molecule has 0 spiro atoms. The van der Waals surface area contributed by atoms with Crippen LogP contribution in [0.15, 0.2) is 47.4 Å². The zero-order valence-corrected chi connectivity index (χ0v) is 14.9. The number of ether oxygens (including phenoxy) is 1. The third-order valence-electron chi connectivity index (χ3n) is 3.43. The first kappa shape index (κ1) is 19.4. The molecule has 2 rings (SSSR count). The summed E-state index contributed by atoms with van der Waals surface area (Å²) in [6, 6.07) is 9.07. The molecule has 0 atom stereocenters. The van der Waals surface area contributed by atoms with Crippen molar-refractivity contribution in [1.82, 2.24) is 5.32 Å².